The molecule has 0 aromatic heterocycles. The van der Waals surface area contributed by atoms with Gasteiger partial charge >= 0.3 is 5.97 Å². The molecule has 0 radical (unpaired) electrons. The zero-order valence-corrected chi connectivity index (χ0v) is 17.0. The molecule has 6 nitrogen and oxygen atoms in total. The molecule has 1 amide bonds. The lowest BCUT2D eigenvalue weighted by atomic mass is 10.1. The van der Waals surface area contributed by atoms with E-state index in [4.69, 9.17) is 21.1 Å². The molecule has 2 rings (SSSR count). The fourth-order valence-electron chi connectivity index (χ4n) is 2.42. The smallest absolute Gasteiger partial charge is 0.306 e. The first-order chi connectivity index (χ1) is 14.0. The molecule has 2 aromatic carbocycles. The van der Waals surface area contributed by atoms with Crippen molar-refractivity contribution < 1.29 is 23.9 Å². The lowest BCUT2D eigenvalue weighted by Crippen LogP contribution is -2.28. The van der Waals surface area contributed by atoms with Crippen molar-refractivity contribution in [3.63, 3.8) is 0 Å². The molecule has 29 heavy (non-hydrogen) atoms. The van der Waals surface area contributed by atoms with E-state index in [1.807, 2.05) is 13.0 Å². The second-order valence-electron chi connectivity index (χ2n) is 6.32. The third kappa shape index (κ3) is 7.95. The van der Waals surface area contributed by atoms with Crippen molar-refractivity contribution in [1.29, 1.82) is 0 Å². The molecule has 0 fully saturated rings. The number of carbonyl (C=O) groups excluding carboxylic acids is 3. The van der Waals surface area contributed by atoms with Crippen molar-refractivity contribution in [3.8, 4) is 5.75 Å². The number of rotatable bonds is 11. The van der Waals surface area contributed by atoms with Gasteiger partial charge in [0.1, 0.15) is 5.75 Å². The summed E-state index contributed by atoms with van der Waals surface area (Å²) in [6.45, 7) is 2.47. The molecule has 0 aliphatic heterocycles. The van der Waals surface area contributed by atoms with Gasteiger partial charge in [0.25, 0.3) is 5.91 Å². The second kappa shape index (κ2) is 11.9. The van der Waals surface area contributed by atoms with E-state index in [1.165, 1.54) is 0 Å². The van der Waals surface area contributed by atoms with Crippen molar-refractivity contribution in [1.82, 2.24) is 5.32 Å². The summed E-state index contributed by atoms with van der Waals surface area (Å²) in [5, 5.41) is 3.18. The van der Waals surface area contributed by atoms with Crippen molar-refractivity contribution >= 4 is 29.3 Å². The average Bonchev–Trinajstić information content (AvgIpc) is 2.74. The number of hydrogen-bond donors (Lipinski definition) is 1. The zero-order chi connectivity index (χ0) is 21.1. The fourth-order valence-corrected chi connectivity index (χ4v) is 2.62. The van der Waals surface area contributed by atoms with E-state index in [2.05, 4.69) is 5.32 Å². The van der Waals surface area contributed by atoms with Crippen LogP contribution in [0.1, 0.15) is 42.1 Å². The van der Waals surface area contributed by atoms with Crippen molar-refractivity contribution in [3.05, 3.63) is 64.7 Å². The third-order valence-electron chi connectivity index (χ3n) is 4.00. The number of carbonyl (C=O) groups is 3. The van der Waals surface area contributed by atoms with E-state index >= 15 is 0 Å². The molecule has 0 bridgehead atoms. The number of ether oxygens (including phenoxy) is 2. The number of esters is 1. The molecule has 7 heteroatoms. The molecule has 0 aliphatic rings. The van der Waals surface area contributed by atoms with Crippen LogP contribution in [0.3, 0.4) is 0 Å². The standard InChI is InChI=1S/C22H24ClNO5/c1-2-13-28-18-9-7-16(8-10-18)20(25)11-12-22(27)29-15-21(26)24-14-17-5-3-4-6-19(17)23/h3-10H,2,11-15H2,1H3,(H,24,26). The van der Waals surface area contributed by atoms with Crippen LogP contribution in [0.2, 0.25) is 5.02 Å². The molecular formula is C22H24ClNO5. The van der Waals surface area contributed by atoms with E-state index < -0.39 is 18.5 Å². The normalized spacial score (nSPS) is 10.3. The summed E-state index contributed by atoms with van der Waals surface area (Å²) in [7, 11) is 0. The van der Waals surface area contributed by atoms with Crippen LogP contribution in [0, 0.1) is 0 Å². The maximum Gasteiger partial charge on any atom is 0.306 e. The van der Waals surface area contributed by atoms with Gasteiger partial charge in [0.15, 0.2) is 12.4 Å². The van der Waals surface area contributed by atoms with Crippen LogP contribution < -0.4 is 10.1 Å². The summed E-state index contributed by atoms with van der Waals surface area (Å²) in [4.78, 5) is 35.7. The summed E-state index contributed by atoms with van der Waals surface area (Å²) in [6, 6.07) is 13.9. The lowest BCUT2D eigenvalue weighted by Gasteiger charge is -2.08. The second-order valence-corrected chi connectivity index (χ2v) is 6.73. The Kier molecular flexibility index (Phi) is 9.18. The quantitative estimate of drug-likeness (QED) is 0.442. The minimum atomic E-state index is -0.603. The molecule has 0 aliphatic carbocycles. The van der Waals surface area contributed by atoms with Crippen LogP contribution in [0.25, 0.3) is 0 Å². The maximum absolute atomic E-state index is 12.2. The average molecular weight is 418 g/mol. The van der Waals surface area contributed by atoms with Gasteiger partial charge in [-0.05, 0) is 42.3 Å². The van der Waals surface area contributed by atoms with Gasteiger partial charge in [-0.1, -0.05) is 36.7 Å². The number of halogens is 1. The Bertz CT molecular complexity index is 835. The van der Waals surface area contributed by atoms with Crippen LogP contribution in [0.5, 0.6) is 5.75 Å². The molecule has 0 spiro atoms. The zero-order valence-electron chi connectivity index (χ0n) is 16.3. The van der Waals surface area contributed by atoms with E-state index in [1.54, 1.807) is 42.5 Å². The van der Waals surface area contributed by atoms with Gasteiger partial charge in [-0.3, -0.25) is 14.4 Å². The number of amides is 1. The van der Waals surface area contributed by atoms with Crippen LogP contribution >= 0.6 is 11.6 Å². The number of Topliss-reactive ketones (excluding diaryl/α,β-unsaturated/α-hetero) is 1. The molecule has 2 aromatic rings. The molecule has 0 atom stereocenters. The largest absolute Gasteiger partial charge is 0.494 e. The predicted molar refractivity (Wildman–Crippen MR) is 110 cm³/mol. The van der Waals surface area contributed by atoms with E-state index in [9.17, 15) is 14.4 Å². The van der Waals surface area contributed by atoms with Crippen molar-refractivity contribution in [2.75, 3.05) is 13.2 Å². The van der Waals surface area contributed by atoms with Crippen LogP contribution in [-0.2, 0) is 20.9 Å². The van der Waals surface area contributed by atoms with Gasteiger partial charge in [0.05, 0.1) is 13.0 Å². The maximum atomic E-state index is 12.2. The predicted octanol–water partition coefficient (Wildman–Crippen LogP) is 3.95. The number of ketones is 1. The van der Waals surface area contributed by atoms with E-state index in [0.717, 1.165) is 12.0 Å². The van der Waals surface area contributed by atoms with Crippen LogP contribution in [-0.4, -0.2) is 30.9 Å². The Morgan fingerprint density at radius 3 is 2.41 bits per heavy atom. The first-order valence-corrected chi connectivity index (χ1v) is 9.79. The highest BCUT2D eigenvalue weighted by atomic mass is 35.5. The van der Waals surface area contributed by atoms with Crippen LogP contribution in [0.15, 0.2) is 48.5 Å². The lowest BCUT2D eigenvalue weighted by molar-refractivity contribution is -0.148. The number of nitrogens with one attached hydrogen (secondary N) is 1. The highest BCUT2D eigenvalue weighted by Gasteiger charge is 2.12. The van der Waals surface area contributed by atoms with Gasteiger partial charge < -0.3 is 14.8 Å². The number of hydrogen-bond acceptors (Lipinski definition) is 5. The molecule has 0 saturated carbocycles. The SMILES string of the molecule is CCCOc1ccc(C(=O)CCC(=O)OCC(=O)NCc2ccccc2Cl)cc1. The number of benzene rings is 2. The third-order valence-corrected chi connectivity index (χ3v) is 4.37. The summed E-state index contributed by atoms with van der Waals surface area (Å²) >= 11 is 6.01. The van der Waals surface area contributed by atoms with Gasteiger partial charge in [0, 0.05) is 23.6 Å². The molecule has 0 unspecified atom stereocenters. The molecular weight excluding hydrogens is 394 g/mol. The molecule has 0 heterocycles. The molecule has 154 valence electrons. The minimum absolute atomic E-state index is 0.00917. The first-order valence-electron chi connectivity index (χ1n) is 9.41. The Hall–Kier alpha value is -2.86. The van der Waals surface area contributed by atoms with Crippen molar-refractivity contribution in [2.24, 2.45) is 0 Å². The van der Waals surface area contributed by atoms with Gasteiger partial charge in [-0.15, -0.1) is 0 Å². The topological polar surface area (TPSA) is 81.7 Å². The Morgan fingerprint density at radius 2 is 1.72 bits per heavy atom. The fraction of sp³-hybridized carbons (Fsp3) is 0.318. The highest BCUT2D eigenvalue weighted by molar-refractivity contribution is 6.31. The molecule has 1 N–H and O–H groups in total. The summed E-state index contributed by atoms with van der Waals surface area (Å²) in [5.41, 5.74) is 1.27. The van der Waals surface area contributed by atoms with E-state index in [-0.39, 0.29) is 25.2 Å². The first kappa shape index (κ1) is 22.4. The van der Waals surface area contributed by atoms with Gasteiger partial charge in [-0.2, -0.15) is 0 Å². The summed E-state index contributed by atoms with van der Waals surface area (Å²) in [6.07, 6.45) is 0.820. The Morgan fingerprint density at radius 1 is 1.00 bits per heavy atom. The minimum Gasteiger partial charge on any atom is -0.494 e. The van der Waals surface area contributed by atoms with Crippen LogP contribution in [0.4, 0.5) is 0 Å². The van der Waals surface area contributed by atoms with Gasteiger partial charge in [-0.25, -0.2) is 0 Å². The summed E-state index contributed by atoms with van der Waals surface area (Å²) < 4.78 is 10.4. The van der Waals surface area contributed by atoms with Gasteiger partial charge in [0.2, 0.25) is 0 Å². The Balaban J connectivity index is 1.67. The monoisotopic (exact) mass is 417 g/mol. The highest BCUT2D eigenvalue weighted by Crippen LogP contribution is 2.15. The Labute approximate surface area is 175 Å². The summed E-state index contributed by atoms with van der Waals surface area (Å²) in [5.74, 6) is -0.515. The molecule has 0 saturated heterocycles. The van der Waals surface area contributed by atoms with E-state index in [0.29, 0.717) is 22.9 Å². The van der Waals surface area contributed by atoms with Crippen molar-refractivity contribution in [2.45, 2.75) is 32.7 Å².